The van der Waals surface area contributed by atoms with E-state index in [1.807, 2.05) is 36.4 Å². The van der Waals surface area contributed by atoms with Crippen LogP contribution in [-0.2, 0) is 4.79 Å². The molecule has 0 atom stereocenters. The molecular formula is C14H14N2O. The molecule has 1 fully saturated rings. The van der Waals surface area contributed by atoms with Gasteiger partial charge in [0.05, 0.1) is 0 Å². The predicted molar refractivity (Wildman–Crippen MR) is 65.8 cm³/mol. The summed E-state index contributed by atoms with van der Waals surface area (Å²) >= 11 is 0. The highest BCUT2D eigenvalue weighted by molar-refractivity contribution is 6.01. The van der Waals surface area contributed by atoms with Crippen LogP contribution in [-0.4, -0.2) is 23.9 Å². The molecule has 1 aliphatic heterocycles. The lowest BCUT2D eigenvalue weighted by atomic mass is 10.1. The summed E-state index contributed by atoms with van der Waals surface area (Å²) < 4.78 is 0. The van der Waals surface area contributed by atoms with E-state index in [1.165, 1.54) is 0 Å². The molecule has 3 nitrogen and oxygen atoms in total. The van der Waals surface area contributed by atoms with Crippen LogP contribution in [0, 0.1) is 11.3 Å². The molecule has 0 unspecified atom stereocenters. The lowest BCUT2D eigenvalue weighted by Crippen LogP contribution is -2.28. The second-order valence-corrected chi connectivity index (χ2v) is 4.08. The number of benzene rings is 1. The Balaban J connectivity index is 2.19. The third-order valence-corrected chi connectivity index (χ3v) is 2.85. The van der Waals surface area contributed by atoms with E-state index < -0.39 is 0 Å². The van der Waals surface area contributed by atoms with Crippen LogP contribution in [0.2, 0.25) is 0 Å². The molecule has 0 aromatic heterocycles. The van der Waals surface area contributed by atoms with Crippen LogP contribution in [0.15, 0.2) is 35.9 Å². The minimum Gasteiger partial charge on any atom is -0.338 e. The first-order valence-electron chi connectivity index (χ1n) is 5.77. The van der Waals surface area contributed by atoms with Crippen molar-refractivity contribution in [3.05, 3.63) is 41.5 Å². The van der Waals surface area contributed by atoms with Crippen molar-refractivity contribution < 1.29 is 4.79 Å². The molecule has 0 bridgehead atoms. The van der Waals surface area contributed by atoms with Crippen LogP contribution in [0.1, 0.15) is 18.4 Å². The lowest BCUT2D eigenvalue weighted by Gasteiger charge is -2.13. The van der Waals surface area contributed by atoms with E-state index in [0.717, 1.165) is 31.5 Å². The van der Waals surface area contributed by atoms with Gasteiger partial charge in [0.1, 0.15) is 11.6 Å². The summed E-state index contributed by atoms with van der Waals surface area (Å²) in [6.45, 7) is 1.54. The molecule has 0 spiro atoms. The summed E-state index contributed by atoms with van der Waals surface area (Å²) in [5.41, 5.74) is 1.11. The van der Waals surface area contributed by atoms with Gasteiger partial charge in [0.15, 0.2) is 0 Å². The van der Waals surface area contributed by atoms with Crippen molar-refractivity contribution in [2.45, 2.75) is 12.8 Å². The molecule has 0 aliphatic carbocycles. The molecule has 0 N–H and O–H groups in total. The van der Waals surface area contributed by atoms with Crippen LogP contribution in [0.25, 0.3) is 6.08 Å². The van der Waals surface area contributed by atoms with Crippen LogP contribution in [0.4, 0.5) is 0 Å². The van der Waals surface area contributed by atoms with E-state index in [9.17, 15) is 4.79 Å². The standard InChI is InChI=1S/C14H14N2O/c15-11-13(10-12-6-2-1-3-7-12)14(17)16-8-4-5-9-16/h1-3,6-7,10H,4-5,8-9H2/b13-10-. The Bertz CT molecular complexity index is 465. The molecule has 2 rings (SSSR count). The van der Waals surface area contributed by atoms with Crippen LogP contribution < -0.4 is 0 Å². The number of carbonyl (C=O) groups is 1. The van der Waals surface area contributed by atoms with Gasteiger partial charge in [0.2, 0.25) is 0 Å². The molecule has 1 amide bonds. The van der Waals surface area contributed by atoms with Gasteiger partial charge in [0.25, 0.3) is 5.91 Å². The van der Waals surface area contributed by atoms with Crippen LogP contribution in [0.5, 0.6) is 0 Å². The number of rotatable bonds is 2. The number of carbonyl (C=O) groups excluding carboxylic acids is 1. The van der Waals surface area contributed by atoms with Gasteiger partial charge < -0.3 is 4.90 Å². The zero-order valence-electron chi connectivity index (χ0n) is 9.60. The van der Waals surface area contributed by atoms with Gasteiger partial charge in [0, 0.05) is 13.1 Å². The third-order valence-electron chi connectivity index (χ3n) is 2.85. The van der Waals surface area contributed by atoms with Gasteiger partial charge >= 0.3 is 0 Å². The maximum atomic E-state index is 12.0. The lowest BCUT2D eigenvalue weighted by molar-refractivity contribution is -0.125. The van der Waals surface area contributed by atoms with Crippen LogP contribution in [0.3, 0.4) is 0 Å². The number of likely N-dealkylation sites (tertiary alicyclic amines) is 1. The molecule has 0 saturated carbocycles. The van der Waals surface area contributed by atoms with Crippen molar-refractivity contribution in [3.63, 3.8) is 0 Å². The second kappa shape index (κ2) is 5.31. The Morgan fingerprint density at radius 1 is 1.24 bits per heavy atom. The highest BCUT2D eigenvalue weighted by Crippen LogP contribution is 2.13. The Kier molecular flexibility index (Phi) is 3.56. The van der Waals surface area contributed by atoms with Crippen LogP contribution >= 0.6 is 0 Å². The number of nitrogens with zero attached hydrogens (tertiary/aromatic N) is 2. The molecule has 17 heavy (non-hydrogen) atoms. The molecule has 1 aromatic carbocycles. The first-order chi connectivity index (χ1) is 8.31. The van der Waals surface area contributed by atoms with Crippen molar-refractivity contribution in [2.24, 2.45) is 0 Å². The summed E-state index contributed by atoms with van der Waals surface area (Å²) in [6, 6.07) is 11.5. The van der Waals surface area contributed by atoms with Gasteiger partial charge in [-0.1, -0.05) is 30.3 Å². The Morgan fingerprint density at radius 2 is 1.88 bits per heavy atom. The zero-order valence-corrected chi connectivity index (χ0v) is 9.60. The first-order valence-corrected chi connectivity index (χ1v) is 5.77. The minimum absolute atomic E-state index is 0.145. The third kappa shape index (κ3) is 2.73. The predicted octanol–water partition coefficient (Wildman–Crippen LogP) is 2.22. The number of nitriles is 1. The average molecular weight is 226 g/mol. The monoisotopic (exact) mass is 226 g/mol. The largest absolute Gasteiger partial charge is 0.338 e. The molecule has 0 radical (unpaired) electrons. The first kappa shape index (κ1) is 11.4. The van der Waals surface area contributed by atoms with Crippen molar-refractivity contribution in [2.75, 3.05) is 13.1 Å². The van der Waals surface area contributed by atoms with Gasteiger partial charge in [-0.3, -0.25) is 4.79 Å². The molecular weight excluding hydrogens is 212 g/mol. The fourth-order valence-electron chi connectivity index (χ4n) is 1.95. The van der Waals surface area contributed by atoms with E-state index in [1.54, 1.807) is 11.0 Å². The highest BCUT2D eigenvalue weighted by atomic mass is 16.2. The van der Waals surface area contributed by atoms with E-state index >= 15 is 0 Å². The summed E-state index contributed by atoms with van der Waals surface area (Å²) in [4.78, 5) is 13.8. The fourth-order valence-corrected chi connectivity index (χ4v) is 1.95. The van der Waals surface area contributed by atoms with Crippen molar-refractivity contribution in [1.29, 1.82) is 5.26 Å². The van der Waals surface area contributed by atoms with Gasteiger partial charge in [-0.05, 0) is 24.5 Å². The average Bonchev–Trinajstić information content (AvgIpc) is 2.90. The van der Waals surface area contributed by atoms with Crippen molar-refractivity contribution in [1.82, 2.24) is 4.90 Å². The summed E-state index contributed by atoms with van der Waals surface area (Å²) in [7, 11) is 0. The Labute approximate surface area is 101 Å². The number of hydrogen-bond donors (Lipinski definition) is 0. The van der Waals surface area contributed by atoms with Crippen molar-refractivity contribution in [3.8, 4) is 6.07 Å². The Morgan fingerprint density at radius 3 is 2.47 bits per heavy atom. The number of amides is 1. The van der Waals surface area contributed by atoms with Gasteiger partial charge in [-0.2, -0.15) is 5.26 Å². The Hall–Kier alpha value is -2.08. The molecule has 86 valence electrons. The maximum absolute atomic E-state index is 12.0. The zero-order chi connectivity index (χ0) is 12.1. The SMILES string of the molecule is N#C/C(=C/c1ccccc1)C(=O)N1CCCC1. The maximum Gasteiger partial charge on any atom is 0.264 e. The summed E-state index contributed by atoms with van der Waals surface area (Å²) in [5, 5.41) is 9.05. The normalized spacial score (nSPS) is 15.7. The molecule has 1 saturated heterocycles. The second-order valence-electron chi connectivity index (χ2n) is 4.08. The van der Waals surface area contributed by atoms with E-state index in [4.69, 9.17) is 5.26 Å². The quantitative estimate of drug-likeness (QED) is 0.573. The molecule has 1 aromatic rings. The molecule has 1 heterocycles. The number of hydrogen-bond acceptors (Lipinski definition) is 2. The van der Waals surface area contributed by atoms with Gasteiger partial charge in [-0.25, -0.2) is 0 Å². The van der Waals surface area contributed by atoms with E-state index in [2.05, 4.69) is 0 Å². The molecule has 3 heteroatoms. The molecule has 1 aliphatic rings. The smallest absolute Gasteiger partial charge is 0.264 e. The summed E-state index contributed by atoms with van der Waals surface area (Å²) in [5.74, 6) is -0.145. The topological polar surface area (TPSA) is 44.1 Å². The van der Waals surface area contributed by atoms with E-state index in [0.29, 0.717) is 0 Å². The summed E-state index contributed by atoms with van der Waals surface area (Å²) in [6.07, 6.45) is 3.73. The highest BCUT2D eigenvalue weighted by Gasteiger charge is 2.21. The minimum atomic E-state index is -0.145. The van der Waals surface area contributed by atoms with Gasteiger partial charge in [-0.15, -0.1) is 0 Å². The fraction of sp³-hybridized carbons (Fsp3) is 0.286. The van der Waals surface area contributed by atoms with E-state index in [-0.39, 0.29) is 11.5 Å². The van der Waals surface area contributed by atoms with Crippen molar-refractivity contribution >= 4 is 12.0 Å².